The van der Waals surface area contributed by atoms with Gasteiger partial charge in [0.25, 0.3) is 0 Å². The van der Waals surface area contributed by atoms with Crippen molar-refractivity contribution in [2.24, 2.45) is 5.73 Å². The van der Waals surface area contributed by atoms with Crippen LogP contribution in [0.15, 0.2) is 30.3 Å². The van der Waals surface area contributed by atoms with E-state index in [2.05, 4.69) is 30.3 Å². The molecule has 1 atom stereocenters. The summed E-state index contributed by atoms with van der Waals surface area (Å²) in [6, 6.07) is 11.0. The highest BCUT2D eigenvalue weighted by molar-refractivity contribution is 7.12. The molecule has 1 heterocycles. The van der Waals surface area contributed by atoms with Crippen molar-refractivity contribution in [3.63, 3.8) is 0 Å². The fourth-order valence-corrected chi connectivity index (χ4v) is 4.07. The van der Waals surface area contributed by atoms with Gasteiger partial charge in [-0.2, -0.15) is 0 Å². The maximum absolute atomic E-state index is 6.41. The molecule has 1 aromatic carbocycles. The second kappa shape index (κ2) is 6.08. The molecule has 0 saturated heterocycles. The molecule has 0 spiro atoms. The largest absolute Gasteiger partial charge is 0.384 e. The summed E-state index contributed by atoms with van der Waals surface area (Å²) in [4.78, 5) is 2.85. The molecule has 2 N–H and O–H groups in total. The molecule has 0 bridgehead atoms. The number of ether oxygens (including phenoxy) is 1. The second-order valence-electron chi connectivity index (χ2n) is 5.41. The molecule has 1 aliphatic carbocycles. The molecule has 3 rings (SSSR count). The Hall–Kier alpha value is -1.16. The van der Waals surface area contributed by atoms with E-state index in [0.29, 0.717) is 0 Å². The minimum Gasteiger partial charge on any atom is -0.384 e. The third kappa shape index (κ3) is 2.80. The van der Waals surface area contributed by atoms with Crippen LogP contribution >= 0.6 is 11.3 Å². The zero-order valence-corrected chi connectivity index (χ0v) is 12.7. The highest BCUT2D eigenvalue weighted by atomic mass is 32.1. The quantitative estimate of drug-likeness (QED) is 0.914. The number of nitrogens with two attached hydrogens (primary N) is 1. The molecule has 0 saturated carbocycles. The third-order valence-corrected chi connectivity index (χ3v) is 5.33. The van der Waals surface area contributed by atoms with Gasteiger partial charge in [-0.25, -0.2) is 0 Å². The smallest absolute Gasteiger partial charge is 0.0646 e. The maximum atomic E-state index is 6.41. The van der Waals surface area contributed by atoms with Crippen molar-refractivity contribution in [1.29, 1.82) is 0 Å². The molecule has 106 valence electrons. The van der Waals surface area contributed by atoms with Crippen LogP contribution in [0.5, 0.6) is 0 Å². The van der Waals surface area contributed by atoms with E-state index in [9.17, 15) is 0 Å². The molecule has 1 aromatic heterocycles. The zero-order valence-electron chi connectivity index (χ0n) is 11.9. The predicted molar refractivity (Wildman–Crippen MR) is 84.4 cm³/mol. The number of methoxy groups -OCH3 is 1. The fraction of sp³-hybridized carbons (Fsp3) is 0.412. The normalized spacial score (nSPS) is 15.3. The van der Waals surface area contributed by atoms with Gasteiger partial charge in [0.1, 0.15) is 0 Å². The van der Waals surface area contributed by atoms with Crippen LogP contribution in [-0.4, -0.2) is 13.7 Å². The lowest BCUT2D eigenvalue weighted by atomic mass is 10.0. The van der Waals surface area contributed by atoms with E-state index in [4.69, 9.17) is 10.5 Å². The van der Waals surface area contributed by atoms with Gasteiger partial charge in [0.2, 0.25) is 0 Å². The van der Waals surface area contributed by atoms with E-state index in [1.165, 1.54) is 40.8 Å². The Balaban J connectivity index is 1.74. The Bertz CT molecular complexity index is 552. The molecule has 0 aliphatic heterocycles. The number of thiophene rings is 1. The Morgan fingerprint density at radius 2 is 2.05 bits per heavy atom. The van der Waals surface area contributed by atoms with Gasteiger partial charge >= 0.3 is 0 Å². The van der Waals surface area contributed by atoms with Crippen LogP contribution in [-0.2, 0) is 24.0 Å². The van der Waals surface area contributed by atoms with Crippen molar-refractivity contribution in [3.05, 3.63) is 56.8 Å². The highest BCUT2D eigenvalue weighted by Crippen LogP contribution is 2.35. The Morgan fingerprint density at radius 1 is 1.25 bits per heavy atom. The number of hydrogen-bond acceptors (Lipinski definition) is 3. The average molecular weight is 287 g/mol. The van der Waals surface area contributed by atoms with E-state index >= 15 is 0 Å². The van der Waals surface area contributed by atoms with Crippen LogP contribution in [0, 0.1) is 0 Å². The summed E-state index contributed by atoms with van der Waals surface area (Å²) in [6.07, 6.45) is 4.74. The molecule has 0 radical (unpaired) electrons. The molecular weight excluding hydrogens is 266 g/mol. The average Bonchev–Trinajstić information content (AvgIpc) is 3.06. The highest BCUT2D eigenvalue weighted by Gasteiger charge is 2.18. The lowest BCUT2D eigenvalue weighted by Crippen LogP contribution is -2.10. The molecular formula is C17H21NOS. The molecule has 3 heteroatoms. The van der Waals surface area contributed by atoms with Gasteiger partial charge in [0, 0.05) is 16.9 Å². The minimum absolute atomic E-state index is 0.0158. The molecule has 1 unspecified atom stereocenters. The summed E-state index contributed by atoms with van der Waals surface area (Å²) >= 11 is 1.90. The van der Waals surface area contributed by atoms with Crippen LogP contribution in [0.4, 0.5) is 0 Å². The lowest BCUT2D eigenvalue weighted by molar-refractivity contribution is 0.202. The lowest BCUT2D eigenvalue weighted by Gasteiger charge is -2.11. The van der Waals surface area contributed by atoms with Gasteiger partial charge in [-0.05, 0) is 48.4 Å². The molecule has 2 aromatic rings. The Morgan fingerprint density at radius 3 is 2.75 bits per heavy atom. The van der Waals surface area contributed by atoms with E-state index in [1.54, 1.807) is 12.0 Å². The van der Waals surface area contributed by atoms with Crippen molar-refractivity contribution in [2.75, 3.05) is 13.7 Å². The first-order valence-corrected chi connectivity index (χ1v) is 8.04. The third-order valence-electron chi connectivity index (χ3n) is 4.01. The number of benzene rings is 1. The van der Waals surface area contributed by atoms with E-state index in [-0.39, 0.29) is 6.04 Å². The van der Waals surface area contributed by atoms with Crippen molar-refractivity contribution in [2.45, 2.75) is 31.7 Å². The SMILES string of the molecule is COCCc1ccc(C(N)c2cc3c(s2)CCC3)cc1. The first-order valence-electron chi connectivity index (χ1n) is 7.23. The predicted octanol–water partition coefficient (Wildman–Crippen LogP) is 3.47. The van der Waals surface area contributed by atoms with E-state index in [0.717, 1.165) is 13.0 Å². The van der Waals surface area contributed by atoms with Crippen LogP contribution in [0.3, 0.4) is 0 Å². The molecule has 0 fully saturated rings. The number of rotatable bonds is 5. The maximum Gasteiger partial charge on any atom is 0.0646 e. The second-order valence-corrected chi connectivity index (χ2v) is 6.58. The van der Waals surface area contributed by atoms with Crippen LogP contribution in [0.1, 0.15) is 38.9 Å². The summed E-state index contributed by atoms with van der Waals surface area (Å²) < 4.78 is 5.10. The summed E-state index contributed by atoms with van der Waals surface area (Å²) in [7, 11) is 1.74. The zero-order chi connectivity index (χ0) is 13.9. The fourth-order valence-electron chi connectivity index (χ4n) is 2.78. The van der Waals surface area contributed by atoms with Crippen LogP contribution in [0.2, 0.25) is 0 Å². The summed E-state index contributed by atoms with van der Waals surface area (Å²) in [5.41, 5.74) is 10.4. The topological polar surface area (TPSA) is 35.2 Å². The first-order chi connectivity index (χ1) is 9.78. The van der Waals surface area contributed by atoms with Crippen molar-refractivity contribution in [1.82, 2.24) is 0 Å². The summed E-state index contributed by atoms with van der Waals surface area (Å²) in [5, 5.41) is 0. The monoisotopic (exact) mass is 287 g/mol. The molecule has 1 aliphatic rings. The van der Waals surface area contributed by atoms with Gasteiger partial charge < -0.3 is 10.5 Å². The minimum atomic E-state index is 0.0158. The van der Waals surface area contributed by atoms with Crippen molar-refractivity contribution < 1.29 is 4.74 Å². The van der Waals surface area contributed by atoms with Crippen molar-refractivity contribution in [3.8, 4) is 0 Å². The Kier molecular flexibility index (Phi) is 4.20. The van der Waals surface area contributed by atoms with Crippen molar-refractivity contribution >= 4 is 11.3 Å². The number of fused-ring (bicyclic) bond motifs is 1. The van der Waals surface area contributed by atoms with E-state index < -0.39 is 0 Å². The first kappa shape index (κ1) is 13.8. The number of hydrogen-bond donors (Lipinski definition) is 1. The van der Waals surface area contributed by atoms with Crippen LogP contribution < -0.4 is 5.73 Å². The summed E-state index contributed by atoms with van der Waals surface area (Å²) in [6.45, 7) is 0.767. The molecule has 0 amide bonds. The Labute approximate surface area is 124 Å². The van der Waals surface area contributed by atoms with Gasteiger partial charge in [-0.15, -0.1) is 11.3 Å². The van der Waals surface area contributed by atoms with Gasteiger partial charge in [-0.3, -0.25) is 0 Å². The standard InChI is InChI=1S/C17H21NOS/c1-19-10-9-12-5-7-13(8-6-12)17(18)16-11-14-3-2-4-15(14)20-16/h5-8,11,17H,2-4,9-10,18H2,1H3. The number of aryl methyl sites for hydroxylation is 2. The molecule has 2 nitrogen and oxygen atoms in total. The van der Waals surface area contributed by atoms with Gasteiger partial charge in [0.05, 0.1) is 12.6 Å². The summed E-state index contributed by atoms with van der Waals surface area (Å²) in [5.74, 6) is 0. The van der Waals surface area contributed by atoms with Crippen LogP contribution in [0.25, 0.3) is 0 Å². The van der Waals surface area contributed by atoms with E-state index in [1.807, 2.05) is 11.3 Å². The van der Waals surface area contributed by atoms with Gasteiger partial charge in [0.15, 0.2) is 0 Å². The molecule has 20 heavy (non-hydrogen) atoms. The van der Waals surface area contributed by atoms with Gasteiger partial charge in [-0.1, -0.05) is 24.3 Å².